The molecule has 0 bridgehead atoms. The van der Waals surface area contributed by atoms with Crippen molar-refractivity contribution in [1.82, 2.24) is 19.4 Å². The summed E-state index contributed by atoms with van der Waals surface area (Å²) in [6, 6.07) is 0. The minimum Gasteiger partial charge on any atom is -0.337 e. The van der Waals surface area contributed by atoms with Gasteiger partial charge in [-0.3, -0.25) is 4.90 Å². The Hall–Kier alpha value is -1.13. The van der Waals surface area contributed by atoms with Gasteiger partial charge in [-0.2, -0.15) is 0 Å². The van der Waals surface area contributed by atoms with Crippen LogP contribution in [0.1, 0.15) is 13.3 Å². The van der Waals surface area contributed by atoms with Crippen molar-refractivity contribution in [1.29, 1.82) is 0 Å². The SMILES string of the molecule is C=C(C)CN1CCN(CCCn2ccnc2)CC1. The standard InChI is InChI=1S/C14H24N4/c1-14(2)12-17-10-8-16(9-11-17)5-3-6-18-7-4-15-13-18/h4,7,13H,1,3,5-6,8-12H2,2H3. The molecule has 0 saturated carbocycles. The molecule has 0 aromatic carbocycles. The fraction of sp³-hybridized carbons (Fsp3) is 0.643. The van der Waals surface area contributed by atoms with E-state index in [-0.39, 0.29) is 0 Å². The maximum Gasteiger partial charge on any atom is 0.0945 e. The summed E-state index contributed by atoms with van der Waals surface area (Å²) in [5, 5.41) is 0. The quantitative estimate of drug-likeness (QED) is 0.713. The molecule has 1 aromatic rings. The summed E-state index contributed by atoms with van der Waals surface area (Å²) < 4.78 is 2.15. The van der Waals surface area contributed by atoms with Gasteiger partial charge in [-0.15, -0.1) is 0 Å². The van der Waals surface area contributed by atoms with E-state index in [1.165, 1.54) is 44.7 Å². The van der Waals surface area contributed by atoms with Gasteiger partial charge in [0.2, 0.25) is 0 Å². The van der Waals surface area contributed by atoms with Crippen LogP contribution in [0.3, 0.4) is 0 Å². The molecular formula is C14H24N4. The Morgan fingerprint density at radius 2 is 1.89 bits per heavy atom. The van der Waals surface area contributed by atoms with Gasteiger partial charge in [0.25, 0.3) is 0 Å². The van der Waals surface area contributed by atoms with Crippen LogP contribution in [0.4, 0.5) is 0 Å². The first-order valence-electron chi connectivity index (χ1n) is 6.79. The Morgan fingerprint density at radius 3 is 2.50 bits per heavy atom. The van der Waals surface area contributed by atoms with E-state index in [0.29, 0.717) is 0 Å². The summed E-state index contributed by atoms with van der Waals surface area (Å²) in [6.07, 6.45) is 6.98. The van der Waals surface area contributed by atoms with Crippen molar-refractivity contribution < 1.29 is 0 Å². The molecular weight excluding hydrogens is 224 g/mol. The predicted octanol–water partition coefficient (Wildman–Crippen LogP) is 1.47. The number of imidazole rings is 1. The Morgan fingerprint density at radius 1 is 1.17 bits per heavy atom. The molecule has 0 amide bonds. The van der Waals surface area contributed by atoms with E-state index in [1.54, 1.807) is 0 Å². The van der Waals surface area contributed by atoms with Crippen molar-refractivity contribution in [2.75, 3.05) is 39.3 Å². The van der Waals surface area contributed by atoms with Crippen LogP contribution < -0.4 is 0 Å². The van der Waals surface area contributed by atoms with Crippen molar-refractivity contribution in [3.8, 4) is 0 Å². The number of nitrogens with zero attached hydrogens (tertiary/aromatic N) is 4. The summed E-state index contributed by atoms with van der Waals surface area (Å²) in [6.45, 7) is 14.2. The average molecular weight is 248 g/mol. The Bertz CT molecular complexity index is 350. The summed E-state index contributed by atoms with van der Waals surface area (Å²) in [5.74, 6) is 0. The summed E-state index contributed by atoms with van der Waals surface area (Å²) >= 11 is 0. The summed E-state index contributed by atoms with van der Waals surface area (Å²) in [5.41, 5.74) is 1.27. The molecule has 2 heterocycles. The Kier molecular flexibility index (Phi) is 4.96. The highest BCUT2D eigenvalue weighted by molar-refractivity contribution is 4.92. The van der Waals surface area contributed by atoms with E-state index in [1.807, 2.05) is 18.7 Å². The van der Waals surface area contributed by atoms with Gasteiger partial charge in [0.1, 0.15) is 0 Å². The number of rotatable bonds is 6. The molecule has 0 radical (unpaired) electrons. The van der Waals surface area contributed by atoms with E-state index in [2.05, 4.69) is 32.9 Å². The summed E-state index contributed by atoms with van der Waals surface area (Å²) in [4.78, 5) is 9.12. The third kappa shape index (κ3) is 4.27. The third-order valence-electron chi connectivity index (χ3n) is 3.41. The van der Waals surface area contributed by atoms with Crippen LogP contribution in [-0.2, 0) is 6.54 Å². The largest absolute Gasteiger partial charge is 0.337 e. The van der Waals surface area contributed by atoms with E-state index in [0.717, 1.165) is 13.1 Å². The van der Waals surface area contributed by atoms with Gasteiger partial charge in [0.05, 0.1) is 6.33 Å². The minimum absolute atomic E-state index is 1.06. The minimum atomic E-state index is 1.06. The van der Waals surface area contributed by atoms with Crippen LogP contribution in [0.2, 0.25) is 0 Å². The normalized spacial score (nSPS) is 18.1. The van der Waals surface area contributed by atoms with Crippen LogP contribution in [0.5, 0.6) is 0 Å². The van der Waals surface area contributed by atoms with Crippen LogP contribution in [0.15, 0.2) is 30.9 Å². The van der Waals surface area contributed by atoms with E-state index in [9.17, 15) is 0 Å². The van der Waals surface area contributed by atoms with Crippen LogP contribution >= 0.6 is 0 Å². The molecule has 1 aliphatic rings. The Balaban J connectivity index is 1.60. The van der Waals surface area contributed by atoms with Crippen molar-refractivity contribution in [2.45, 2.75) is 19.9 Å². The number of aromatic nitrogens is 2. The maximum atomic E-state index is 4.06. The molecule has 18 heavy (non-hydrogen) atoms. The molecule has 0 aliphatic carbocycles. The van der Waals surface area contributed by atoms with Crippen LogP contribution in [0.25, 0.3) is 0 Å². The first-order valence-corrected chi connectivity index (χ1v) is 6.79. The van der Waals surface area contributed by atoms with E-state index < -0.39 is 0 Å². The molecule has 1 aliphatic heterocycles. The lowest BCUT2D eigenvalue weighted by Crippen LogP contribution is -2.46. The van der Waals surface area contributed by atoms with Gasteiger partial charge in [-0.25, -0.2) is 4.98 Å². The van der Waals surface area contributed by atoms with Gasteiger partial charge < -0.3 is 9.47 Å². The average Bonchev–Trinajstić information content (AvgIpc) is 2.84. The molecule has 2 rings (SSSR count). The van der Waals surface area contributed by atoms with Gasteiger partial charge in [-0.1, -0.05) is 12.2 Å². The molecule has 1 fully saturated rings. The zero-order chi connectivity index (χ0) is 12.8. The van der Waals surface area contributed by atoms with E-state index >= 15 is 0 Å². The first-order chi connectivity index (χ1) is 8.74. The second kappa shape index (κ2) is 6.71. The fourth-order valence-electron chi connectivity index (χ4n) is 2.45. The number of hydrogen-bond acceptors (Lipinski definition) is 3. The van der Waals surface area contributed by atoms with Gasteiger partial charge >= 0.3 is 0 Å². The Labute approximate surface area is 110 Å². The maximum absolute atomic E-state index is 4.06. The molecule has 4 nitrogen and oxygen atoms in total. The highest BCUT2D eigenvalue weighted by Crippen LogP contribution is 2.05. The highest BCUT2D eigenvalue weighted by Gasteiger charge is 2.15. The molecule has 4 heteroatoms. The molecule has 0 atom stereocenters. The topological polar surface area (TPSA) is 24.3 Å². The van der Waals surface area contributed by atoms with Gasteiger partial charge in [0.15, 0.2) is 0 Å². The third-order valence-corrected chi connectivity index (χ3v) is 3.41. The van der Waals surface area contributed by atoms with E-state index in [4.69, 9.17) is 0 Å². The molecule has 100 valence electrons. The lowest BCUT2D eigenvalue weighted by atomic mass is 10.2. The lowest BCUT2D eigenvalue weighted by molar-refractivity contribution is 0.138. The second-order valence-corrected chi connectivity index (χ2v) is 5.23. The summed E-state index contributed by atoms with van der Waals surface area (Å²) in [7, 11) is 0. The molecule has 0 unspecified atom stereocenters. The van der Waals surface area contributed by atoms with Crippen LogP contribution in [-0.4, -0.2) is 58.6 Å². The zero-order valence-electron chi connectivity index (χ0n) is 11.4. The van der Waals surface area contributed by atoms with Crippen molar-refractivity contribution >= 4 is 0 Å². The van der Waals surface area contributed by atoms with Gasteiger partial charge in [-0.05, 0) is 19.9 Å². The molecule has 0 spiro atoms. The lowest BCUT2D eigenvalue weighted by Gasteiger charge is -2.34. The predicted molar refractivity (Wildman–Crippen MR) is 74.5 cm³/mol. The molecule has 0 N–H and O–H groups in total. The van der Waals surface area contributed by atoms with Crippen molar-refractivity contribution in [3.63, 3.8) is 0 Å². The number of aryl methyl sites for hydroxylation is 1. The van der Waals surface area contributed by atoms with Crippen LogP contribution in [0, 0.1) is 0 Å². The molecule has 1 saturated heterocycles. The number of hydrogen-bond donors (Lipinski definition) is 0. The zero-order valence-corrected chi connectivity index (χ0v) is 11.4. The molecule has 1 aromatic heterocycles. The highest BCUT2D eigenvalue weighted by atomic mass is 15.3. The number of piperazine rings is 1. The monoisotopic (exact) mass is 248 g/mol. The van der Waals surface area contributed by atoms with Crippen molar-refractivity contribution in [3.05, 3.63) is 30.9 Å². The smallest absolute Gasteiger partial charge is 0.0945 e. The fourth-order valence-corrected chi connectivity index (χ4v) is 2.45. The van der Waals surface area contributed by atoms with Crippen molar-refractivity contribution in [2.24, 2.45) is 0 Å². The first kappa shape index (κ1) is 13.3. The van der Waals surface area contributed by atoms with Gasteiger partial charge in [0, 0.05) is 51.7 Å². The second-order valence-electron chi connectivity index (χ2n) is 5.23.